The van der Waals surface area contributed by atoms with Crippen LogP contribution in [-0.2, 0) is 4.79 Å². The molecule has 0 heterocycles. The van der Waals surface area contributed by atoms with Crippen LogP contribution < -0.4 is 5.32 Å². The predicted molar refractivity (Wildman–Crippen MR) is 80.9 cm³/mol. The molecule has 3 nitrogen and oxygen atoms in total. The van der Waals surface area contributed by atoms with Gasteiger partial charge in [0.25, 0.3) is 0 Å². The van der Waals surface area contributed by atoms with Crippen molar-refractivity contribution in [3.8, 4) is 0 Å². The molecule has 2 N–H and O–H groups in total. The summed E-state index contributed by atoms with van der Waals surface area (Å²) < 4.78 is 0. The summed E-state index contributed by atoms with van der Waals surface area (Å²) in [6, 6.07) is 5.79. The van der Waals surface area contributed by atoms with Gasteiger partial charge in [0.1, 0.15) is 6.04 Å². The van der Waals surface area contributed by atoms with Gasteiger partial charge in [-0.2, -0.15) is 0 Å². The summed E-state index contributed by atoms with van der Waals surface area (Å²) in [6.45, 7) is 3.99. The number of carboxylic acids is 1. The van der Waals surface area contributed by atoms with Crippen LogP contribution in [0.4, 0.5) is 0 Å². The van der Waals surface area contributed by atoms with Gasteiger partial charge < -0.3 is 5.11 Å². The van der Waals surface area contributed by atoms with Crippen LogP contribution in [0.1, 0.15) is 61.3 Å². The van der Waals surface area contributed by atoms with Gasteiger partial charge in [0.2, 0.25) is 0 Å². The number of nitrogens with one attached hydrogen (secondary N) is 1. The maximum atomic E-state index is 11.7. The SMILES string of the molecule is Cc1ccc(C)c(C(NC2CCCCCC2)C(=O)O)c1. The maximum absolute atomic E-state index is 11.7. The molecule has 20 heavy (non-hydrogen) atoms. The third kappa shape index (κ3) is 3.83. The van der Waals surface area contributed by atoms with E-state index in [2.05, 4.69) is 5.32 Å². The molecular formula is C17H25NO2. The normalized spacial score (nSPS) is 18.5. The van der Waals surface area contributed by atoms with Crippen molar-refractivity contribution < 1.29 is 9.90 Å². The van der Waals surface area contributed by atoms with Crippen LogP contribution in [-0.4, -0.2) is 17.1 Å². The third-order valence-corrected chi connectivity index (χ3v) is 4.25. The van der Waals surface area contributed by atoms with Gasteiger partial charge >= 0.3 is 5.97 Å². The molecule has 0 spiro atoms. The Balaban J connectivity index is 2.17. The van der Waals surface area contributed by atoms with E-state index < -0.39 is 12.0 Å². The lowest BCUT2D eigenvalue weighted by Crippen LogP contribution is -2.37. The second-order valence-electron chi connectivity index (χ2n) is 5.99. The lowest BCUT2D eigenvalue weighted by molar-refractivity contribution is -0.140. The molecule has 1 aromatic rings. The zero-order valence-corrected chi connectivity index (χ0v) is 12.5. The van der Waals surface area contributed by atoms with Crippen LogP contribution in [0.15, 0.2) is 18.2 Å². The maximum Gasteiger partial charge on any atom is 0.325 e. The topological polar surface area (TPSA) is 49.3 Å². The zero-order valence-electron chi connectivity index (χ0n) is 12.5. The summed E-state index contributed by atoms with van der Waals surface area (Å²) in [4.78, 5) is 11.7. The highest BCUT2D eigenvalue weighted by atomic mass is 16.4. The first-order valence-electron chi connectivity index (χ1n) is 7.64. The Bertz CT molecular complexity index is 462. The minimum Gasteiger partial charge on any atom is -0.480 e. The molecule has 3 heteroatoms. The Morgan fingerprint density at radius 1 is 1.20 bits per heavy atom. The van der Waals surface area contributed by atoms with E-state index in [1.54, 1.807) is 0 Å². The standard InChI is InChI=1S/C17H25NO2/c1-12-9-10-13(2)15(11-12)16(17(19)20)18-14-7-5-3-4-6-8-14/h9-11,14,16,18H,3-8H2,1-2H3,(H,19,20). The molecule has 1 aromatic carbocycles. The summed E-state index contributed by atoms with van der Waals surface area (Å²) in [5, 5.41) is 13.0. The largest absolute Gasteiger partial charge is 0.480 e. The van der Waals surface area contributed by atoms with Gasteiger partial charge in [0.05, 0.1) is 0 Å². The summed E-state index contributed by atoms with van der Waals surface area (Å²) >= 11 is 0. The molecule has 110 valence electrons. The average Bonchev–Trinajstić information content (AvgIpc) is 2.67. The molecule has 0 amide bonds. The van der Waals surface area contributed by atoms with Gasteiger partial charge in [-0.05, 0) is 37.8 Å². The van der Waals surface area contributed by atoms with Crippen molar-refractivity contribution in [3.05, 3.63) is 34.9 Å². The third-order valence-electron chi connectivity index (χ3n) is 4.25. The van der Waals surface area contributed by atoms with Crippen molar-refractivity contribution in [1.82, 2.24) is 5.32 Å². The first-order chi connectivity index (χ1) is 9.58. The predicted octanol–water partition coefficient (Wildman–Crippen LogP) is 3.74. The summed E-state index contributed by atoms with van der Waals surface area (Å²) in [5.41, 5.74) is 3.06. The number of hydrogen-bond acceptors (Lipinski definition) is 2. The van der Waals surface area contributed by atoms with Crippen molar-refractivity contribution in [2.24, 2.45) is 0 Å². The van der Waals surface area contributed by atoms with Gasteiger partial charge in [-0.25, -0.2) is 0 Å². The van der Waals surface area contributed by atoms with Gasteiger partial charge in [-0.1, -0.05) is 49.4 Å². The molecule has 0 saturated heterocycles. The molecule has 0 radical (unpaired) electrons. The van der Waals surface area contributed by atoms with Crippen molar-refractivity contribution in [2.75, 3.05) is 0 Å². The van der Waals surface area contributed by atoms with E-state index in [1.165, 1.54) is 25.7 Å². The highest BCUT2D eigenvalue weighted by molar-refractivity contribution is 5.76. The second-order valence-corrected chi connectivity index (χ2v) is 5.99. The van der Waals surface area contributed by atoms with E-state index in [-0.39, 0.29) is 0 Å². The van der Waals surface area contributed by atoms with Crippen molar-refractivity contribution in [1.29, 1.82) is 0 Å². The van der Waals surface area contributed by atoms with Gasteiger partial charge in [-0.3, -0.25) is 10.1 Å². The van der Waals surface area contributed by atoms with E-state index in [0.29, 0.717) is 6.04 Å². The number of aryl methyl sites for hydroxylation is 2. The fraction of sp³-hybridized carbons (Fsp3) is 0.588. The Labute approximate surface area is 121 Å². The highest BCUT2D eigenvalue weighted by Gasteiger charge is 2.25. The molecule has 1 saturated carbocycles. The molecule has 2 rings (SSSR count). The van der Waals surface area contributed by atoms with Crippen LogP contribution in [0.25, 0.3) is 0 Å². The number of aliphatic carboxylic acids is 1. The van der Waals surface area contributed by atoms with Crippen LogP contribution >= 0.6 is 0 Å². The van der Waals surface area contributed by atoms with Crippen LogP contribution in [0, 0.1) is 13.8 Å². The highest BCUT2D eigenvalue weighted by Crippen LogP contribution is 2.24. The average molecular weight is 275 g/mol. The van der Waals surface area contributed by atoms with Crippen molar-refractivity contribution in [2.45, 2.75) is 64.5 Å². The molecule has 1 unspecified atom stereocenters. The van der Waals surface area contributed by atoms with Gasteiger partial charge in [0, 0.05) is 6.04 Å². The molecule has 1 atom stereocenters. The minimum atomic E-state index is -0.775. The van der Waals surface area contributed by atoms with Crippen LogP contribution in [0.5, 0.6) is 0 Å². The minimum absolute atomic E-state index is 0.332. The molecule has 1 aliphatic rings. The molecular weight excluding hydrogens is 250 g/mol. The quantitative estimate of drug-likeness (QED) is 0.823. The number of carboxylic acid groups (broad SMARTS) is 1. The van der Waals surface area contributed by atoms with Gasteiger partial charge in [-0.15, -0.1) is 0 Å². The first kappa shape index (κ1) is 15.0. The fourth-order valence-electron chi connectivity index (χ4n) is 3.05. The smallest absolute Gasteiger partial charge is 0.325 e. The first-order valence-corrected chi connectivity index (χ1v) is 7.64. The van der Waals surface area contributed by atoms with E-state index in [1.807, 2.05) is 32.0 Å². The lowest BCUT2D eigenvalue weighted by Gasteiger charge is -2.24. The molecule has 1 aliphatic carbocycles. The van der Waals surface area contributed by atoms with E-state index in [9.17, 15) is 9.90 Å². The Morgan fingerprint density at radius 2 is 1.85 bits per heavy atom. The Kier molecular flexibility index (Phi) is 5.18. The second kappa shape index (κ2) is 6.89. The van der Waals surface area contributed by atoms with Crippen LogP contribution in [0.2, 0.25) is 0 Å². The number of carbonyl (C=O) groups is 1. The lowest BCUT2D eigenvalue weighted by atomic mass is 9.97. The number of hydrogen-bond donors (Lipinski definition) is 2. The summed E-state index contributed by atoms with van der Waals surface area (Å²) in [6.07, 6.45) is 7.15. The Hall–Kier alpha value is -1.35. The van der Waals surface area contributed by atoms with Crippen LogP contribution in [0.3, 0.4) is 0 Å². The zero-order chi connectivity index (χ0) is 14.5. The summed E-state index contributed by atoms with van der Waals surface area (Å²) in [7, 11) is 0. The molecule has 0 bridgehead atoms. The number of rotatable bonds is 4. The Morgan fingerprint density at radius 3 is 2.45 bits per heavy atom. The van der Waals surface area contributed by atoms with Gasteiger partial charge in [0.15, 0.2) is 0 Å². The fourth-order valence-corrected chi connectivity index (χ4v) is 3.05. The van der Waals surface area contributed by atoms with E-state index in [4.69, 9.17) is 0 Å². The number of benzene rings is 1. The molecule has 0 aliphatic heterocycles. The monoisotopic (exact) mass is 275 g/mol. The molecule has 0 aromatic heterocycles. The van der Waals surface area contributed by atoms with E-state index in [0.717, 1.165) is 29.5 Å². The van der Waals surface area contributed by atoms with Crippen molar-refractivity contribution in [3.63, 3.8) is 0 Å². The molecule has 1 fully saturated rings. The van der Waals surface area contributed by atoms with Crippen molar-refractivity contribution >= 4 is 5.97 Å². The summed E-state index contributed by atoms with van der Waals surface area (Å²) in [5.74, 6) is -0.775. The van der Waals surface area contributed by atoms with E-state index >= 15 is 0 Å².